The highest BCUT2D eigenvalue weighted by molar-refractivity contribution is 6.03. The Balaban J connectivity index is 1.94. The van der Waals surface area contributed by atoms with Crippen LogP contribution in [0.5, 0.6) is 5.75 Å². The van der Waals surface area contributed by atoms with Crippen molar-refractivity contribution in [1.82, 2.24) is 10.6 Å². The number of benzene rings is 1. The lowest BCUT2D eigenvalue weighted by Gasteiger charge is -2.21. The van der Waals surface area contributed by atoms with Crippen molar-refractivity contribution in [2.24, 2.45) is 0 Å². The lowest BCUT2D eigenvalue weighted by molar-refractivity contribution is -0.134. The Morgan fingerprint density at radius 3 is 2.67 bits per heavy atom. The van der Waals surface area contributed by atoms with Gasteiger partial charge in [0.1, 0.15) is 11.8 Å². The molecule has 1 aliphatic heterocycles. The maximum atomic E-state index is 12.0. The Labute approximate surface area is 121 Å². The van der Waals surface area contributed by atoms with Crippen LogP contribution in [0.1, 0.15) is 23.2 Å². The van der Waals surface area contributed by atoms with Gasteiger partial charge in [-0.05, 0) is 30.7 Å². The van der Waals surface area contributed by atoms with E-state index in [0.29, 0.717) is 17.7 Å². The van der Waals surface area contributed by atoms with E-state index in [9.17, 15) is 14.4 Å². The molecular formula is C14H16N2O5. The molecule has 1 atom stereocenters. The van der Waals surface area contributed by atoms with Gasteiger partial charge in [-0.2, -0.15) is 0 Å². The van der Waals surface area contributed by atoms with E-state index in [1.54, 1.807) is 24.3 Å². The van der Waals surface area contributed by atoms with Crippen molar-refractivity contribution in [2.75, 3.05) is 13.9 Å². The minimum absolute atomic E-state index is 0.127. The van der Waals surface area contributed by atoms with Crippen LogP contribution in [-0.2, 0) is 14.3 Å². The molecule has 1 unspecified atom stereocenters. The lowest BCUT2D eigenvalue weighted by atomic mass is 10.1. The minimum Gasteiger partial charge on any atom is -0.468 e. The smallest absolute Gasteiger partial charge is 0.251 e. The summed E-state index contributed by atoms with van der Waals surface area (Å²) in [4.78, 5) is 34.6. The standard InChI is InChI=1S/C14H16N2O5/c1-20-8-21-10-4-2-9(3-5-10)13(18)15-11-6-7-12(17)16-14(11)19/h2-5,11H,6-8H2,1H3,(H,15,18)(H,16,17,19). The maximum absolute atomic E-state index is 12.0. The quantitative estimate of drug-likeness (QED) is 0.597. The van der Waals surface area contributed by atoms with Gasteiger partial charge in [-0.25, -0.2) is 0 Å². The molecule has 7 nitrogen and oxygen atoms in total. The number of nitrogens with one attached hydrogen (secondary N) is 2. The summed E-state index contributed by atoms with van der Waals surface area (Å²) >= 11 is 0. The van der Waals surface area contributed by atoms with Crippen molar-refractivity contribution in [2.45, 2.75) is 18.9 Å². The number of rotatable bonds is 5. The largest absolute Gasteiger partial charge is 0.468 e. The zero-order valence-electron chi connectivity index (χ0n) is 11.5. The van der Waals surface area contributed by atoms with E-state index in [1.165, 1.54) is 7.11 Å². The number of hydrogen-bond donors (Lipinski definition) is 2. The molecule has 2 N–H and O–H groups in total. The predicted molar refractivity (Wildman–Crippen MR) is 72.6 cm³/mol. The second-order valence-corrected chi connectivity index (χ2v) is 4.55. The zero-order valence-corrected chi connectivity index (χ0v) is 11.5. The fraction of sp³-hybridized carbons (Fsp3) is 0.357. The van der Waals surface area contributed by atoms with Crippen molar-refractivity contribution in [1.29, 1.82) is 0 Å². The van der Waals surface area contributed by atoms with Gasteiger partial charge in [0.15, 0.2) is 6.79 Å². The zero-order chi connectivity index (χ0) is 15.2. The number of methoxy groups -OCH3 is 1. The number of amides is 3. The average Bonchev–Trinajstić information content (AvgIpc) is 2.48. The monoisotopic (exact) mass is 292 g/mol. The van der Waals surface area contributed by atoms with Gasteiger partial charge in [0.05, 0.1) is 0 Å². The summed E-state index contributed by atoms with van der Waals surface area (Å²) in [5.74, 6) is -0.581. The third kappa shape index (κ3) is 4.03. The van der Waals surface area contributed by atoms with Gasteiger partial charge in [0.2, 0.25) is 11.8 Å². The summed E-state index contributed by atoms with van der Waals surface area (Å²) in [6.45, 7) is 0.127. The van der Waals surface area contributed by atoms with Crippen molar-refractivity contribution in [3.63, 3.8) is 0 Å². The number of carbonyl (C=O) groups is 3. The van der Waals surface area contributed by atoms with Crippen LogP contribution in [-0.4, -0.2) is 37.7 Å². The average molecular weight is 292 g/mol. The predicted octanol–water partition coefficient (Wildman–Crippen LogP) is 0.204. The first-order valence-electron chi connectivity index (χ1n) is 6.46. The summed E-state index contributed by atoms with van der Waals surface area (Å²) in [6.07, 6.45) is 0.534. The van der Waals surface area contributed by atoms with E-state index in [-0.39, 0.29) is 25.0 Å². The van der Waals surface area contributed by atoms with E-state index < -0.39 is 11.9 Å². The molecule has 112 valence electrons. The van der Waals surface area contributed by atoms with Gasteiger partial charge in [0, 0.05) is 19.1 Å². The van der Waals surface area contributed by atoms with Crippen molar-refractivity contribution in [3.05, 3.63) is 29.8 Å². The highest BCUT2D eigenvalue weighted by Gasteiger charge is 2.27. The van der Waals surface area contributed by atoms with Gasteiger partial charge in [-0.15, -0.1) is 0 Å². The fourth-order valence-electron chi connectivity index (χ4n) is 1.90. The molecule has 0 saturated carbocycles. The molecule has 0 aliphatic carbocycles. The molecule has 1 saturated heterocycles. The molecule has 3 amide bonds. The Morgan fingerprint density at radius 1 is 1.33 bits per heavy atom. The normalized spacial score (nSPS) is 18.0. The first kappa shape index (κ1) is 15.0. The topological polar surface area (TPSA) is 93.7 Å². The van der Waals surface area contributed by atoms with E-state index >= 15 is 0 Å². The van der Waals surface area contributed by atoms with Crippen molar-refractivity contribution >= 4 is 17.7 Å². The third-order valence-corrected chi connectivity index (χ3v) is 3.00. The molecule has 1 aromatic rings. The van der Waals surface area contributed by atoms with Gasteiger partial charge in [-0.3, -0.25) is 19.7 Å². The molecule has 0 bridgehead atoms. The Hall–Kier alpha value is -2.41. The fourth-order valence-corrected chi connectivity index (χ4v) is 1.90. The van der Waals surface area contributed by atoms with Gasteiger partial charge in [-0.1, -0.05) is 0 Å². The SMILES string of the molecule is COCOc1ccc(C(=O)NC2CCC(=O)NC2=O)cc1. The van der Waals surface area contributed by atoms with Crippen LogP contribution in [0.15, 0.2) is 24.3 Å². The number of hydrogen-bond acceptors (Lipinski definition) is 5. The summed E-state index contributed by atoms with van der Waals surface area (Å²) in [7, 11) is 1.52. The Kier molecular flexibility index (Phi) is 4.89. The van der Waals surface area contributed by atoms with E-state index in [2.05, 4.69) is 10.6 Å². The van der Waals surface area contributed by atoms with Crippen LogP contribution in [0.4, 0.5) is 0 Å². The molecule has 1 fully saturated rings. The Bertz CT molecular complexity index is 541. The number of piperidine rings is 1. The van der Waals surface area contributed by atoms with E-state index in [1.807, 2.05) is 0 Å². The molecule has 1 aliphatic rings. The molecule has 0 aromatic heterocycles. The second kappa shape index (κ2) is 6.85. The van der Waals surface area contributed by atoms with E-state index in [0.717, 1.165) is 0 Å². The Morgan fingerprint density at radius 2 is 2.05 bits per heavy atom. The maximum Gasteiger partial charge on any atom is 0.251 e. The van der Waals surface area contributed by atoms with Crippen LogP contribution in [0.2, 0.25) is 0 Å². The molecule has 1 aromatic carbocycles. The molecule has 0 spiro atoms. The van der Waals surface area contributed by atoms with Crippen molar-refractivity contribution in [3.8, 4) is 5.75 Å². The summed E-state index contributed by atoms with van der Waals surface area (Å²) in [5, 5.41) is 4.79. The van der Waals surface area contributed by atoms with E-state index in [4.69, 9.17) is 9.47 Å². The third-order valence-electron chi connectivity index (χ3n) is 3.00. The van der Waals surface area contributed by atoms with Gasteiger partial charge >= 0.3 is 0 Å². The van der Waals surface area contributed by atoms with Crippen LogP contribution in [0.25, 0.3) is 0 Å². The number of ether oxygens (including phenoxy) is 2. The summed E-state index contributed by atoms with van der Waals surface area (Å²) < 4.78 is 9.98. The highest BCUT2D eigenvalue weighted by atomic mass is 16.7. The second-order valence-electron chi connectivity index (χ2n) is 4.55. The van der Waals surface area contributed by atoms with Crippen LogP contribution in [0.3, 0.4) is 0 Å². The van der Waals surface area contributed by atoms with Crippen LogP contribution < -0.4 is 15.4 Å². The molecule has 0 radical (unpaired) electrons. The summed E-state index contributed by atoms with van der Waals surface area (Å²) in [6, 6.07) is 5.77. The van der Waals surface area contributed by atoms with Crippen LogP contribution >= 0.6 is 0 Å². The molecular weight excluding hydrogens is 276 g/mol. The lowest BCUT2D eigenvalue weighted by Crippen LogP contribution is -2.52. The van der Waals surface area contributed by atoms with Gasteiger partial charge in [0.25, 0.3) is 5.91 Å². The number of carbonyl (C=O) groups excluding carboxylic acids is 3. The van der Waals surface area contributed by atoms with Crippen molar-refractivity contribution < 1.29 is 23.9 Å². The molecule has 7 heteroatoms. The first-order valence-corrected chi connectivity index (χ1v) is 6.46. The number of imide groups is 1. The molecule has 1 heterocycles. The highest BCUT2D eigenvalue weighted by Crippen LogP contribution is 2.13. The summed E-state index contributed by atoms with van der Waals surface area (Å²) in [5.41, 5.74) is 0.407. The first-order chi connectivity index (χ1) is 10.1. The van der Waals surface area contributed by atoms with Crippen LogP contribution in [0, 0.1) is 0 Å². The van der Waals surface area contributed by atoms with Gasteiger partial charge < -0.3 is 14.8 Å². The molecule has 2 rings (SSSR count). The minimum atomic E-state index is -0.681. The molecule has 21 heavy (non-hydrogen) atoms.